The van der Waals surface area contributed by atoms with Crippen LogP contribution in [0.4, 0.5) is 0 Å². The molecule has 69 heavy (non-hydrogen) atoms. The third-order valence-corrected chi connectivity index (χ3v) is 12.2. The van der Waals surface area contributed by atoms with Gasteiger partial charge in [-0.3, -0.25) is 9.35 Å². The molecule has 0 bridgehead atoms. The van der Waals surface area contributed by atoms with E-state index >= 15 is 0 Å². The number of carbonyl (C=O) groups is 1. The summed E-state index contributed by atoms with van der Waals surface area (Å²) < 4.78 is 59.3. The number of rotatable bonds is 46. The Hall–Kier alpha value is -2.72. The maximum Gasteiger partial charge on any atom is 0.397 e. The van der Waals surface area contributed by atoms with E-state index in [1.807, 2.05) is 0 Å². The highest BCUT2D eigenvalue weighted by atomic mass is 32.3. The first-order valence-electron chi connectivity index (χ1n) is 26.8. The van der Waals surface area contributed by atoms with Crippen LogP contribution in [0.1, 0.15) is 200 Å². The van der Waals surface area contributed by atoms with E-state index in [0.29, 0.717) is 13.0 Å². The smallest absolute Gasteiger partial charge is 0.397 e. The van der Waals surface area contributed by atoms with E-state index in [1.165, 1.54) is 70.6 Å². The first kappa shape index (κ1) is 64.3. The van der Waals surface area contributed by atoms with Crippen molar-refractivity contribution in [2.24, 2.45) is 0 Å². The number of allylic oxidation sites excluding steroid dienone is 14. The van der Waals surface area contributed by atoms with Crippen LogP contribution >= 0.6 is 0 Å². The second-order valence-electron chi connectivity index (χ2n) is 18.1. The number of aliphatic hydroxyl groups is 3. The molecule has 0 aromatic carbocycles. The minimum Gasteiger partial charge on any atom is -0.457 e. The first-order chi connectivity index (χ1) is 33.6. The van der Waals surface area contributed by atoms with E-state index < -0.39 is 59.8 Å². The maximum absolute atomic E-state index is 12.9. The van der Waals surface area contributed by atoms with Crippen molar-refractivity contribution >= 4 is 16.4 Å². The van der Waals surface area contributed by atoms with Crippen molar-refractivity contribution < 1.29 is 56.2 Å². The van der Waals surface area contributed by atoms with Gasteiger partial charge in [0.2, 0.25) is 0 Å². The minimum absolute atomic E-state index is 0.0164. The van der Waals surface area contributed by atoms with E-state index in [1.54, 1.807) is 0 Å². The third kappa shape index (κ3) is 39.6. The van der Waals surface area contributed by atoms with Crippen molar-refractivity contribution in [3.8, 4) is 0 Å². The number of carbonyl (C=O) groups excluding carboxylic acids is 1. The van der Waals surface area contributed by atoms with Gasteiger partial charge in [-0.05, 0) is 89.9 Å². The van der Waals surface area contributed by atoms with Crippen LogP contribution in [0.2, 0.25) is 0 Å². The fraction of sp³-hybridized carbons (Fsp3) is 0.732. The van der Waals surface area contributed by atoms with Gasteiger partial charge in [0.1, 0.15) is 30.5 Å². The van der Waals surface area contributed by atoms with E-state index in [9.17, 15) is 33.1 Å². The van der Waals surface area contributed by atoms with Crippen LogP contribution in [0.25, 0.3) is 0 Å². The van der Waals surface area contributed by atoms with Crippen molar-refractivity contribution in [2.75, 3.05) is 26.4 Å². The van der Waals surface area contributed by atoms with Crippen molar-refractivity contribution in [1.29, 1.82) is 0 Å². The number of hydrogen-bond acceptors (Lipinski definition) is 11. The third-order valence-electron chi connectivity index (χ3n) is 11.8. The molecule has 6 unspecified atom stereocenters. The van der Waals surface area contributed by atoms with E-state index in [2.05, 4.69) is 103 Å². The summed E-state index contributed by atoms with van der Waals surface area (Å²) in [6.07, 6.45) is 53.2. The van der Waals surface area contributed by atoms with Crippen LogP contribution in [0, 0.1) is 0 Å². The number of unbranched alkanes of at least 4 members (excludes halogenated alkanes) is 19. The normalized spacial score (nSPS) is 19.9. The Morgan fingerprint density at radius 2 is 1.00 bits per heavy atom. The predicted octanol–water partition coefficient (Wildman–Crippen LogP) is 12.8. The molecule has 0 saturated carbocycles. The molecule has 0 aliphatic carbocycles. The molecule has 1 aliphatic heterocycles. The van der Waals surface area contributed by atoms with Gasteiger partial charge in [0, 0.05) is 13.0 Å². The molecular weight excluding hydrogens is 897 g/mol. The van der Waals surface area contributed by atoms with Crippen LogP contribution in [0.15, 0.2) is 85.1 Å². The van der Waals surface area contributed by atoms with Crippen molar-refractivity contribution in [1.82, 2.24) is 0 Å². The zero-order valence-electron chi connectivity index (χ0n) is 42.8. The summed E-state index contributed by atoms with van der Waals surface area (Å²) in [6, 6.07) is 0. The van der Waals surface area contributed by atoms with Gasteiger partial charge in [-0.2, -0.15) is 8.42 Å². The Labute approximate surface area is 419 Å². The van der Waals surface area contributed by atoms with E-state index in [4.69, 9.17) is 18.9 Å². The van der Waals surface area contributed by atoms with E-state index in [-0.39, 0.29) is 19.6 Å². The van der Waals surface area contributed by atoms with Crippen LogP contribution in [-0.4, -0.2) is 97.5 Å². The second kappa shape index (κ2) is 46.4. The molecule has 1 rings (SSSR count). The van der Waals surface area contributed by atoms with Gasteiger partial charge in [0.15, 0.2) is 6.29 Å². The summed E-state index contributed by atoms with van der Waals surface area (Å²) in [5, 5.41) is 30.8. The summed E-state index contributed by atoms with van der Waals surface area (Å²) in [4.78, 5) is 12.9. The average molecular weight is 993 g/mol. The summed E-state index contributed by atoms with van der Waals surface area (Å²) >= 11 is 0. The van der Waals surface area contributed by atoms with Crippen molar-refractivity contribution in [3.63, 3.8) is 0 Å². The number of esters is 1. The lowest BCUT2D eigenvalue weighted by Crippen LogP contribution is -2.60. The fourth-order valence-electron chi connectivity index (χ4n) is 7.73. The van der Waals surface area contributed by atoms with Crippen LogP contribution in [-0.2, 0) is 38.3 Å². The van der Waals surface area contributed by atoms with Gasteiger partial charge < -0.3 is 34.3 Å². The number of ether oxygens (including phenoxy) is 4. The van der Waals surface area contributed by atoms with Crippen LogP contribution < -0.4 is 0 Å². The maximum atomic E-state index is 12.9. The predicted molar refractivity (Wildman–Crippen MR) is 280 cm³/mol. The van der Waals surface area contributed by atoms with Gasteiger partial charge in [-0.15, -0.1) is 0 Å². The largest absolute Gasteiger partial charge is 0.457 e. The first-order valence-corrected chi connectivity index (χ1v) is 28.2. The highest BCUT2D eigenvalue weighted by Crippen LogP contribution is 2.26. The Morgan fingerprint density at radius 1 is 0.565 bits per heavy atom. The van der Waals surface area contributed by atoms with Crippen molar-refractivity contribution in [2.45, 2.75) is 237 Å². The Morgan fingerprint density at radius 3 is 1.48 bits per heavy atom. The molecule has 1 saturated heterocycles. The molecule has 12 nitrogen and oxygen atoms in total. The molecule has 1 fully saturated rings. The SMILES string of the molecule is CC/C=C\C/C=C\C/C=C\C/C=C\C/C=C\C/C=C\CCCCCCCOCC(COC1OC(CO)C(O)C(OS(=O)(=O)O)C1O)OC(=O)CCCCCCCCC/C=C\CCCCCCCCC. The second-order valence-corrected chi connectivity index (χ2v) is 19.1. The molecule has 0 spiro atoms. The minimum atomic E-state index is -5.07. The van der Waals surface area contributed by atoms with Gasteiger partial charge >= 0.3 is 16.4 Å². The van der Waals surface area contributed by atoms with Crippen LogP contribution in [0.3, 0.4) is 0 Å². The summed E-state index contributed by atoms with van der Waals surface area (Å²) in [6.45, 7) is 3.83. The number of aliphatic hydroxyl groups excluding tert-OH is 3. The Bertz CT molecular complexity index is 1520. The monoisotopic (exact) mass is 993 g/mol. The van der Waals surface area contributed by atoms with Gasteiger partial charge in [0.05, 0.1) is 19.8 Å². The Kier molecular flexibility index (Phi) is 43.2. The lowest BCUT2D eigenvalue weighted by atomic mass is 9.99. The highest BCUT2D eigenvalue weighted by molar-refractivity contribution is 7.80. The lowest BCUT2D eigenvalue weighted by molar-refractivity contribution is -0.301. The molecule has 4 N–H and O–H groups in total. The van der Waals surface area contributed by atoms with Crippen molar-refractivity contribution in [3.05, 3.63) is 85.1 Å². The molecule has 6 atom stereocenters. The summed E-state index contributed by atoms with van der Waals surface area (Å²) in [7, 11) is -5.07. The Balaban J connectivity index is 2.37. The quantitative estimate of drug-likeness (QED) is 0.0197. The molecule has 0 radical (unpaired) electrons. The van der Waals surface area contributed by atoms with Gasteiger partial charge in [-0.25, -0.2) is 4.18 Å². The molecule has 398 valence electrons. The zero-order chi connectivity index (χ0) is 50.3. The van der Waals surface area contributed by atoms with E-state index in [0.717, 1.165) is 103 Å². The molecule has 1 heterocycles. The topological polar surface area (TPSA) is 178 Å². The fourth-order valence-corrected chi connectivity index (χ4v) is 8.24. The molecule has 0 aromatic heterocycles. The molecule has 0 aromatic rings. The lowest BCUT2D eigenvalue weighted by Gasteiger charge is -2.41. The standard InChI is InChI=1S/C56H96O12S/c1-3-5-7-9-11-13-15-17-19-21-23-24-25-26-27-28-30-32-34-36-38-40-42-44-46-64-48-50(49-65-56-54(60)55(68-69(61,62)63)53(59)51(47-57)67-56)66-52(58)45-43-41-39-37-35-33-31-29-22-20-18-16-14-12-10-8-6-4-2/h5,7,11,13,17,19-20,22-24,26-27,30,32,50-51,53-57,59-60H,3-4,6,8-10,12,14-16,18,21,25,28-29,31,33-49H2,1-2H3,(H,61,62,63)/b7-5-,13-11-,19-17-,22-20-,24-23-,27-26-,32-30-. The van der Waals surface area contributed by atoms with Gasteiger partial charge in [0.25, 0.3) is 0 Å². The summed E-state index contributed by atoms with van der Waals surface area (Å²) in [5.41, 5.74) is 0. The average Bonchev–Trinajstić information content (AvgIpc) is 3.32. The molecule has 1 aliphatic rings. The molecular formula is C56H96O12S. The van der Waals surface area contributed by atoms with Gasteiger partial charge in [-0.1, -0.05) is 189 Å². The molecule has 13 heteroatoms. The number of hydrogen-bond donors (Lipinski definition) is 4. The van der Waals surface area contributed by atoms with Crippen LogP contribution in [0.5, 0.6) is 0 Å². The summed E-state index contributed by atoms with van der Waals surface area (Å²) in [5.74, 6) is -0.413. The zero-order valence-corrected chi connectivity index (χ0v) is 43.7. The highest BCUT2D eigenvalue weighted by Gasteiger charge is 2.48. The molecule has 0 amide bonds.